The number of carbonyl (C=O) groups excluding carboxylic acids is 2. The molecule has 0 spiro atoms. The summed E-state index contributed by atoms with van der Waals surface area (Å²) >= 11 is 0. The Hall–Kier alpha value is -2.91. The molecule has 1 saturated carbocycles. The Morgan fingerprint density at radius 3 is 2.32 bits per heavy atom. The predicted octanol–water partition coefficient (Wildman–Crippen LogP) is 2.89. The molecule has 1 saturated heterocycles. The fourth-order valence-corrected chi connectivity index (χ4v) is 5.80. The summed E-state index contributed by atoms with van der Waals surface area (Å²) in [6, 6.07) is 13.2. The number of aryl methyl sites for hydroxylation is 1. The van der Waals surface area contributed by atoms with Gasteiger partial charge in [-0.3, -0.25) is 9.59 Å². The van der Waals surface area contributed by atoms with E-state index in [1.165, 1.54) is 4.31 Å². The molecule has 4 rings (SSSR count). The van der Waals surface area contributed by atoms with Gasteiger partial charge in [0.1, 0.15) is 11.8 Å². The minimum atomic E-state index is -3.83. The van der Waals surface area contributed by atoms with E-state index in [0.29, 0.717) is 19.4 Å². The number of methoxy groups -OCH3 is 1. The zero-order valence-electron chi connectivity index (χ0n) is 19.5. The maximum absolute atomic E-state index is 13.1. The average Bonchev–Trinajstić information content (AvgIpc) is 3.55. The molecule has 1 aliphatic carbocycles. The van der Waals surface area contributed by atoms with Crippen molar-refractivity contribution in [1.29, 1.82) is 0 Å². The summed E-state index contributed by atoms with van der Waals surface area (Å²) in [4.78, 5) is 27.6. The van der Waals surface area contributed by atoms with Gasteiger partial charge in [-0.2, -0.15) is 4.31 Å². The Kier molecular flexibility index (Phi) is 7.23. The third-order valence-electron chi connectivity index (χ3n) is 6.26. The molecular formula is C25H30N2O6S. The van der Waals surface area contributed by atoms with E-state index in [-0.39, 0.29) is 23.4 Å². The number of amides is 1. The summed E-state index contributed by atoms with van der Waals surface area (Å²) in [6.45, 7) is 2.14. The fourth-order valence-electron chi connectivity index (χ4n) is 4.16. The summed E-state index contributed by atoms with van der Waals surface area (Å²) in [6.07, 6.45) is 2.77. The molecule has 1 amide bonds. The number of sulfonamides is 1. The van der Waals surface area contributed by atoms with Gasteiger partial charge in [-0.05, 0) is 62.4 Å². The number of ether oxygens (including phenoxy) is 2. The Bertz CT molecular complexity index is 1130. The molecule has 182 valence electrons. The van der Waals surface area contributed by atoms with Crippen molar-refractivity contribution < 1.29 is 27.5 Å². The summed E-state index contributed by atoms with van der Waals surface area (Å²) in [5.74, 6) is -0.219. The topological polar surface area (TPSA) is 93.2 Å². The molecule has 2 aromatic carbocycles. The maximum Gasteiger partial charge on any atom is 0.324 e. The van der Waals surface area contributed by atoms with Crippen LogP contribution in [0.3, 0.4) is 0 Å². The van der Waals surface area contributed by atoms with E-state index in [2.05, 4.69) is 0 Å². The molecule has 1 heterocycles. The van der Waals surface area contributed by atoms with Crippen LogP contribution in [0.2, 0.25) is 0 Å². The van der Waals surface area contributed by atoms with Crippen LogP contribution in [-0.4, -0.2) is 61.8 Å². The highest BCUT2D eigenvalue weighted by molar-refractivity contribution is 7.89. The van der Waals surface area contributed by atoms with Crippen molar-refractivity contribution in [2.24, 2.45) is 0 Å². The van der Waals surface area contributed by atoms with E-state index < -0.39 is 28.6 Å². The van der Waals surface area contributed by atoms with E-state index in [4.69, 9.17) is 9.47 Å². The Morgan fingerprint density at radius 2 is 1.71 bits per heavy atom. The Balaban J connectivity index is 1.38. The second kappa shape index (κ2) is 10.1. The van der Waals surface area contributed by atoms with Gasteiger partial charge >= 0.3 is 5.97 Å². The number of esters is 1. The lowest BCUT2D eigenvalue weighted by atomic mass is 10.2. The van der Waals surface area contributed by atoms with Crippen molar-refractivity contribution >= 4 is 21.9 Å². The Morgan fingerprint density at radius 1 is 1.03 bits per heavy atom. The van der Waals surface area contributed by atoms with E-state index >= 15 is 0 Å². The third kappa shape index (κ3) is 5.42. The SMILES string of the molecule is COc1ccc(CN(C(=O)COC(=O)[C@@H]2CCCN2S(=O)(=O)c2ccc(C)cc2)C2CC2)cc1. The lowest BCUT2D eigenvalue weighted by Gasteiger charge is -2.25. The molecule has 2 fully saturated rings. The van der Waals surface area contributed by atoms with Gasteiger partial charge in [0.15, 0.2) is 6.61 Å². The molecule has 0 bridgehead atoms. The van der Waals surface area contributed by atoms with E-state index in [1.807, 2.05) is 31.2 Å². The highest BCUT2D eigenvalue weighted by Crippen LogP contribution is 2.30. The normalized spacial score (nSPS) is 18.5. The quantitative estimate of drug-likeness (QED) is 0.506. The van der Waals surface area contributed by atoms with Gasteiger partial charge in [0.2, 0.25) is 10.0 Å². The average molecular weight is 487 g/mol. The van der Waals surface area contributed by atoms with Crippen LogP contribution >= 0.6 is 0 Å². The maximum atomic E-state index is 13.1. The molecule has 2 aliphatic rings. The van der Waals surface area contributed by atoms with Crippen molar-refractivity contribution in [2.45, 2.75) is 56.1 Å². The van der Waals surface area contributed by atoms with Crippen LogP contribution in [0.1, 0.15) is 36.8 Å². The van der Waals surface area contributed by atoms with Crippen LogP contribution in [0, 0.1) is 6.92 Å². The number of hydrogen-bond acceptors (Lipinski definition) is 6. The number of benzene rings is 2. The second-order valence-electron chi connectivity index (χ2n) is 8.80. The van der Waals surface area contributed by atoms with Crippen LogP contribution in [0.5, 0.6) is 5.75 Å². The van der Waals surface area contributed by atoms with Gasteiger partial charge in [0, 0.05) is 19.1 Å². The predicted molar refractivity (Wildman–Crippen MR) is 126 cm³/mol. The zero-order valence-corrected chi connectivity index (χ0v) is 20.3. The third-order valence-corrected chi connectivity index (χ3v) is 8.18. The van der Waals surface area contributed by atoms with Gasteiger partial charge in [-0.25, -0.2) is 8.42 Å². The highest BCUT2D eigenvalue weighted by Gasteiger charge is 2.41. The standard InChI is InChI=1S/C25H30N2O6S/c1-18-5-13-22(14-6-18)34(30,31)27-15-3-4-23(27)25(29)33-17-24(28)26(20-9-10-20)16-19-7-11-21(32-2)12-8-19/h5-8,11-14,20,23H,3-4,9-10,15-17H2,1-2H3/t23-/m0/s1. The highest BCUT2D eigenvalue weighted by atomic mass is 32.2. The van der Waals surface area contributed by atoms with Crippen LogP contribution in [0.25, 0.3) is 0 Å². The van der Waals surface area contributed by atoms with Crippen LogP contribution in [0.4, 0.5) is 0 Å². The van der Waals surface area contributed by atoms with Crippen molar-refractivity contribution in [2.75, 3.05) is 20.3 Å². The summed E-state index contributed by atoms with van der Waals surface area (Å²) in [7, 11) is -2.23. The second-order valence-corrected chi connectivity index (χ2v) is 10.7. The molecular weight excluding hydrogens is 456 g/mol. The number of rotatable bonds is 9. The lowest BCUT2D eigenvalue weighted by Crippen LogP contribution is -2.43. The first-order chi connectivity index (χ1) is 16.3. The van der Waals surface area contributed by atoms with Gasteiger partial charge < -0.3 is 14.4 Å². The first kappa shape index (κ1) is 24.2. The molecule has 2 aromatic rings. The number of carbonyl (C=O) groups is 2. The van der Waals surface area contributed by atoms with Gasteiger partial charge in [-0.15, -0.1) is 0 Å². The Labute approximate surface area is 200 Å². The minimum Gasteiger partial charge on any atom is -0.497 e. The molecule has 1 aliphatic heterocycles. The zero-order chi connectivity index (χ0) is 24.3. The summed E-state index contributed by atoms with van der Waals surface area (Å²) in [5.41, 5.74) is 1.91. The molecule has 9 heteroatoms. The molecule has 0 aromatic heterocycles. The van der Waals surface area contributed by atoms with Crippen molar-refractivity contribution in [3.05, 3.63) is 59.7 Å². The molecule has 0 unspecified atom stereocenters. The van der Waals surface area contributed by atoms with Crippen molar-refractivity contribution in [1.82, 2.24) is 9.21 Å². The summed E-state index contributed by atoms with van der Waals surface area (Å²) < 4.78 is 37.9. The first-order valence-corrected chi connectivity index (χ1v) is 12.9. The largest absolute Gasteiger partial charge is 0.497 e. The smallest absolute Gasteiger partial charge is 0.324 e. The first-order valence-electron chi connectivity index (χ1n) is 11.5. The monoisotopic (exact) mass is 486 g/mol. The molecule has 34 heavy (non-hydrogen) atoms. The van der Waals surface area contributed by atoms with Gasteiger partial charge in [0.25, 0.3) is 5.91 Å². The molecule has 0 N–H and O–H groups in total. The van der Waals surface area contributed by atoms with Crippen molar-refractivity contribution in [3.8, 4) is 5.75 Å². The van der Waals surface area contributed by atoms with Crippen LogP contribution in [-0.2, 0) is 30.9 Å². The van der Waals surface area contributed by atoms with Gasteiger partial charge in [-0.1, -0.05) is 29.8 Å². The lowest BCUT2D eigenvalue weighted by molar-refractivity contribution is -0.155. The summed E-state index contributed by atoms with van der Waals surface area (Å²) in [5, 5.41) is 0. The van der Waals surface area contributed by atoms with Crippen molar-refractivity contribution in [3.63, 3.8) is 0 Å². The van der Waals surface area contributed by atoms with E-state index in [9.17, 15) is 18.0 Å². The fraction of sp³-hybridized carbons (Fsp3) is 0.440. The van der Waals surface area contributed by atoms with E-state index in [0.717, 1.165) is 29.7 Å². The number of hydrogen-bond donors (Lipinski definition) is 0. The van der Waals surface area contributed by atoms with E-state index in [1.54, 1.807) is 36.3 Å². The number of nitrogens with zero attached hydrogens (tertiary/aromatic N) is 2. The minimum absolute atomic E-state index is 0.137. The van der Waals surface area contributed by atoms with Gasteiger partial charge in [0.05, 0.1) is 12.0 Å². The van der Waals surface area contributed by atoms with Crippen LogP contribution < -0.4 is 4.74 Å². The molecule has 1 atom stereocenters. The van der Waals surface area contributed by atoms with Crippen LogP contribution in [0.15, 0.2) is 53.4 Å². The molecule has 0 radical (unpaired) electrons. The molecule has 8 nitrogen and oxygen atoms in total.